The minimum Gasteiger partial charge on any atom is -0.457 e. The van der Waals surface area contributed by atoms with Crippen LogP contribution in [0.15, 0.2) is 21.4 Å². The molecule has 3 aliphatic carbocycles. The summed E-state index contributed by atoms with van der Waals surface area (Å²) in [6, 6.07) is 2.15. The quantitative estimate of drug-likeness (QED) is 0.912. The lowest BCUT2D eigenvalue weighted by atomic mass is 10.0. The number of nitrogens with one attached hydrogen (secondary N) is 1. The molecule has 0 saturated heterocycles. The number of hydrogen-bond acceptors (Lipinski definition) is 2. The van der Waals surface area contributed by atoms with Crippen LogP contribution in [-0.2, 0) is 0 Å². The van der Waals surface area contributed by atoms with Gasteiger partial charge in [-0.15, -0.1) is 0 Å². The van der Waals surface area contributed by atoms with Crippen LogP contribution in [0.2, 0.25) is 0 Å². The Morgan fingerprint density at radius 3 is 2.65 bits per heavy atom. The van der Waals surface area contributed by atoms with Gasteiger partial charge in [-0.05, 0) is 64.9 Å². The van der Waals surface area contributed by atoms with Crippen LogP contribution >= 0.6 is 15.9 Å². The highest BCUT2D eigenvalue weighted by Gasteiger charge is 2.65. The van der Waals surface area contributed by atoms with E-state index in [4.69, 9.17) is 4.42 Å². The third kappa shape index (κ3) is 1.36. The van der Waals surface area contributed by atoms with Crippen molar-refractivity contribution in [2.45, 2.75) is 25.3 Å². The molecule has 0 radical (unpaired) electrons. The predicted octanol–water partition coefficient (Wildman–Crippen LogP) is 2.82. The first-order valence-corrected chi connectivity index (χ1v) is 7.09. The summed E-state index contributed by atoms with van der Waals surface area (Å²) in [5.41, 5.74) is 0.613. The van der Waals surface area contributed by atoms with Gasteiger partial charge in [0.2, 0.25) is 0 Å². The first-order valence-electron chi connectivity index (χ1n) is 6.29. The summed E-state index contributed by atoms with van der Waals surface area (Å²) >= 11 is 3.25. The molecule has 17 heavy (non-hydrogen) atoms. The molecular weight excluding hydrogens is 282 g/mol. The third-order valence-electron chi connectivity index (χ3n) is 4.90. The van der Waals surface area contributed by atoms with Crippen molar-refractivity contribution in [3.05, 3.63) is 22.6 Å². The van der Waals surface area contributed by atoms with Crippen molar-refractivity contribution in [2.75, 3.05) is 0 Å². The summed E-state index contributed by atoms with van der Waals surface area (Å²) in [5, 5.41) is 3.17. The molecule has 3 aliphatic rings. The number of carbonyl (C=O) groups is 1. The number of rotatable bonds is 2. The van der Waals surface area contributed by atoms with Crippen LogP contribution in [0.3, 0.4) is 0 Å². The van der Waals surface area contributed by atoms with Crippen LogP contribution in [0.25, 0.3) is 0 Å². The van der Waals surface area contributed by atoms with E-state index in [1.54, 1.807) is 6.07 Å². The van der Waals surface area contributed by atoms with E-state index in [2.05, 4.69) is 21.2 Å². The highest BCUT2D eigenvalue weighted by atomic mass is 79.9. The summed E-state index contributed by atoms with van der Waals surface area (Å²) in [7, 11) is 0. The Bertz CT molecular complexity index is 468. The third-order valence-corrected chi connectivity index (χ3v) is 5.51. The van der Waals surface area contributed by atoms with E-state index < -0.39 is 0 Å². The maximum absolute atomic E-state index is 12.0. The second-order valence-electron chi connectivity index (χ2n) is 5.60. The van der Waals surface area contributed by atoms with Crippen molar-refractivity contribution < 1.29 is 9.21 Å². The van der Waals surface area contributed by atoms with Gasteiger partial charge in [-0.2, -0.15) is 0 Å². The molecule has 4 atom stereocenters. The van der Waals surface area contributed by atoms with Gasteiger partial charge in [0.05, 0.1) is 11.8 Å². The standard InChI is InChI=1S/C13H14BrNO2/c14-12-8(3-4-17-12)13(16)15-11-9-6-1-2-7(5-6)10(9)11/h3-4,6-7,9-11H,1-2,5H2,(H,15,16). The van der Waals surface area contributed by atoms with E-state index in [0.29, 0.717) is 16.3 Å². The van der Waals surface area contributed by atoms with E-state index in [1.165, 1.54) is 25.5 Å². The maximum atomic E-state index is 12.0. The van der Waals surface area contributed by atoms with E-state index >= 15 is 0 Å². The van der Waals surface area contributed by atoms with Gasteiger partial charge in [-0.3, -0.25) is 4.79 Å². The van der Waals surface area contributed by atoms with Gasteiger partial charge in [0.15, 0.2) is 4.67 Å². The molecule has 90 valence electrons. The first-order chi connectivity index (χ1) is 8.25. The average molecular weight is 296 g/mol. The highest BCUT2D eigenvalue weighted by Crippen LogP contribution is 2.65. The van der Waals surface area contributed by atoms with Crippen LogP contribution in [-0.4, -0.2) is 11.9 Å². The van der Waals surface area contributed by atoms with E-state index in [1.807, 2.05) is 0 Å². The fraction of sp³-hybridized carbons (Fsp3) is 0.615. The van der Waals surface area contributed by atoms with Crippen molar-refractivity contribution >= 4 is 21.8 Å². The summed E-state index contributed by atoms with van der Waals surface area (Å²) < 4.78 is 5.62. The van der Waals surface area contributed by atoms with Crippen molar-refractivity contribution in [1.29, 1.82) is 0 Å². The van der Waals surface area contributed by atoms with Gasteiger partial charge < -0.3 is 9.73 Å². The van der Waals surface area contributed by atoms with Crippen molar-refractivity contribution in [3.8, 4) is 0 Å². The molecule has 3 nitrogen and oxygen atoms in total. The molecule has 3 saturated carbocycles. The molecule has 1 N–H and O–H groups in total. The predicted molar refractivity (Wildman–Crippen MR) is 65.5 cm³/mol. The second kappa shape index (κ2) is 3.37. The highest BCUT2D eigenvalue weighted by molar-refractivity contribution is 9.10. The molecule has 0 aliphatic heterocycles. The smallest absolute Gasteiger partial charge is 0.255 e. The Labute approximate surface area is 108 Å². The van der Waals surface area contributed by atoms with Crippen LogP contribution in [0.5, 0.6) is 0 Å². The lowest BCUT2D eigenvalue weighted by molar-refractivity contribution is 0.0942. The summed E-state index contributed by atoms with van der Waals surface area (Å²) in [6.45, 7) is 0. The monoisotopic (exact) mass is 295 g/mol. The van der Waals surface area contributed by atoms with Crippen molar-refractivity contribution in [1.82, 2.24) is 5.32 Å². The second-order valence-corrected chi connectivity index (χ2v) is 6.32. The molecule has 3 fully saturated rings. The minimum absolute atomic E-state index is 0.00410. The molecule has 2 bridgehead atoms. The normalized spacial score (nSPS) is 41.4. The van der Waals surface area contributed by atoms with E-state index in [-0.39, 0.29) is 5.91 Å². The van der Waals surface area contributed by atoms with Gasteiger partial charge in [0.1, 0.15) is 0 Å². The van der Waals surface area contributed by atoms with Crippen LogP contribution in [0.4, 0.5) is 0 Å². The topological polar surface area (TPSA) is 42.2 Å². The number of carbonyl (C=O) groups excluding carboxylic acids is 1. The zero-order chi connectivity index (χ0) is 11.6. The number of halogens is 1. The minimum atomic E-state index is 0.00410. The molecule has 4 heteroatoms. The fourth-order valence-corrected chi connectivity index (χ4v) is 4.62. The maximum Gasteiger partial charge on any atom is 0.255 e. The zero-order valence-electron chi connectivity index (χ0n) is 9.36. The van der Waals surface area contributed by atoms with Gasteiger partial charge in [0.25, 0.3) is 5.91 Å². The fourth-order valence-electron chi connectivity index (χ4n) is 4.20. The van der Waals surface area contributed by atoms with Crippen molar-refractivity contribution in [2.24, 2.45) is 23.7 Å². The lowest BCUT2D eigenvalue weighted by Gasteiger charge is -2.09. The molecule has 4 rings (SSSR count). The molecule has 1 aromatic rings. The molecule has 1 amide bonds. The van der Waals surface area contributed by atoms with Gasteiger partial charge in [0, 0.05) is 6.04 Å². The van der Waals surface area contributed by atoms with Gasteiger partial charge in [-0.25, -0.2) is 0 Å². The Balaban J connectivity index is 1.47. The largest absolute Gasteiger partial charge is 0.457 e. The summed E-state index contributed by atoms with van der Waals surface area (Å²) in [4.78, 5) is 12.0. The van der Waals surface area contributed by atoms with E-state index in [9.17, 15) is 4.79 Å². The van der Waals surface area contributed by atoms with E-state index in [0.717, 1.165) is 23.7 Å². The molecule has 1 aromatic heterocycles. The van der Waals surface area contributed by atoms with Crippen LogP contribution < -0.4 is 5.32 Å². The number of furan rings is 1. The summed E-state index contributed by atoms with van der Waals surface area (Å²) in [5.74, 6) is 3.35. The number of amides is 1. The van der Waals surface area contributed by atoms with Crippen LogP contribution in [0, 0.1) is 23.7 Å². The molecule has 1 heterocycles. The Kier molecular flexibility index (Phi) is 2.02. The van der Waals surface area contributed by atoms with Crippen LogP contribution in [0.1, 0.15) is 29.6 Å². The average Bonchev–Trinajstić information content (AvgIpc) is 2.76. The molecular formula is C13H14BrNO2. The Morgan fingerprint density at radius 2 is 2.06 bits per heavy atom. The lowest BCUT2D eigenvalue weighted by Crippen LogP contribution is -2.29. The summed E-state index contributed by atoms with van der Waals surface area (Å²) in [6.07, 6.45) is 5.72. The number of fused-ring (bicyclic) bond motifs is 5. The van der Waals surface area contributed by atoms with Crippen molar-refractivity contribution in [3.63, 3.8) is 0 Å². The molecule has 0 spiro atoms. The molecule has 0 aromatic carbocycles. The van der Waals surface area contributed by atoms with Gasteiger partial charge in [-0.1, -0.05) is 0 Å². The first kappa shape index (κ1) is 10.2. The van der Waals surface area contributed by atoms with Gasteiger partial charge >= 0.3 is 0 Å². The Morgan fingerprint density at radius 1 is 1.35 bits per heavy atom. The molecule has 4 unspecified atom stereocenters. The number of hydrogen-bond donors (Lipinski definition) is 1. The zero-order valence-corrected chi connectivity index (χ0v) is 10.9. The Hall–Kier alpha value is -0.770. The SMILES string of the molecule is O=C(NC1C2C3CCC(C3)C12)c1ccoc1Br.